The highest BCUT2D eigenvalue weighted by Crippen LogP contribution is 2.13. The van der Waals surface area contributed by atoms with Crippen LogP contribution in [0.4, 0.5) is 0 Å². The van der Waals surface area contributed by atoms with Gasteiger partial charge in [-0.25, -0.2) is 0 Å². The van der Waals surface area contributed by atoms with Crippen LogP contribution in [0.1, 0.15) is 19.4 Å². The summed E-state index contributed by atoms with van der Waals surface area (Å²) < 4.78 is 10.8. The molecule has 0 fully saturated rings. The molecule has 0 unspecified atom stereocenters. The number of nitrogens with one attached hydrogen (secondary N) is 1. The molecule has 1 rings (SSSR count). The second-order valence-corrected chi connectivity index (χ2v) is 4.60. The molecule has 0 aliphatic carbocycles. The molecule has 22 heavy (non-hydrogen) atoms. The number of hydrogen-bond acceptors (Lipinski definition) is 3. The van der Waals surface area contributed by atoms with Crippen LogP contribution in [-0.4, -0.2) is 51.3 Å². The molecule has 0 amide bonds. The van der Waals surface area contributed by atoms with E-state index in [1.807, 2.05) is 33.0 Å². The van der Waals surface area contributed by atoms with Crippen molar-refractivity contribution in [1.29, 1.82) is 0 Å². The van der Waals surface area contributed by atoms with Crippen molar-refractivity contribution in [1.82, 2.24) is 10.2 Å². The summed E-state index contributed by atoms with van der Waals surface area (Å²) >= 11 is 0. The summed E-state index contributed by atoms with van der Waals surface area (Å²) in [5, 5.41) is 3.28. The van der Waals surface area contributed by atoms with Crippen molar-refractivity contribution in [3.63, 3.8) is 0 Å². The van der Waals surface area contributed by atoms with Gasteiger partial charge >= 0.3 is 0 Å². The van der Waals surface area contributed by atoms with Crippen LogP contribution in [0.5, 0.6) is 5.75 Å². The van der Waals surface area contributed by atoms with E-state index in [-0.39, 0.29) is 24.0 Å². The Morgan fingerprint density at radius 3 is 2.41 bits per heavy atom. The summed E-state index contributed by atoms with van der Waals surface area (Å²) in [6, 6.07) is 8.15. The van der Waals surface area contributed by atoms with Gasteiger partial charge in [0.05, 0.1) is 13.2 Å². The third-order valence-corrected chi connectivity index (χ3v) is 2.96. The molecule has 1 N–H and O–H groups in total. The van der Waals surface area contributed by atoms with E-state index in [2.05, 4.69) is 27.3 Å². The Balaban J connectivity index is 0.00000441. The average Bonchev–Trinajstić information content (AvgIpc) is 2.49. The first-order valence-electron chi connectivity index (χ1n) is 7.42. The van der Waals surface area contributed by atoms with Crippen molar-refractivity contribution >= 4 is 29.9 Å². The minimum atomic E-state index is 0. The molecular formula is C16H28IN3O2. The third-order valence-electron chi connectivity index (χ3n) is 2.96. The van der Waals surface area contributed by atoms with Gasteiger partial charge in [-0.1, -0.05) is 12.1 Å². The lowest BCUT2D eigenvalue weighted by atomic mass is 10.2. The second-order valence-electron chi connectivity index (χ2n) is 4.60. The third kappa shape index (κ3) is 7.84. The summed E-state index contributed by atoms with van der Waals surface area (Å²) in [7, 11) is 3.81. The van der Waals surface area contributed by atoms with Gasteiger partial charge < -0.3 is 19.7 Å². The molecule has 0 atom stereocenters. The van der Waals surface area contributed by atoms with E-state index >= 15 is 0 Å². The van der Waals surface area contributed by atoms with E-state index in [1.165, 1.54) is 5.56 Å². The summed E-state index contributed by atoms with van der Waals surface area (Å²) in [5.74, 6) is 1.77. The fourth-order valence-electron chi connectivity index (χ4n) is 1.97. The minimum absolute atomic E-state index is 0. The fraction of sp³-hybridized carbons (Fsp3) is 0.562. The van der Waals surface area contributed by atoms with Gasteiger partial charge in [0, 0.05) is 33.8 Å². The normalized spacial score (nSPS) is 10.8. The topological polar surface area (TPSA) is 46.1 Å². The lowest BCUT2D eigenvalue weighted by molar-refractivity contribution is 0.152. The van der Waals surface area contributed by atoms with Gasteiger partial charge in [-0.3, -0.25) is 4.99 Å². The molecular weight excluding hydrogens is 393 g/mol. The van der Waals surface area contributed by atoms with Gasteiger partial charge in [-0.2, -0.15) is 0 Å². The maximum absolute atomic E-state index is 5.45. The van der Waals surface area contributed by atoms with Gasteiger partial charge in [-0.15, -0.1) is 24.0 Å². The Kier molecular flexibility index (Phi) is 11.9. The first kappa shape index (κ1) is 21.0. The first-order valence-corrected chi connectivity index (χ1v) is 7.42. The zero-order chi connectivity index (χ0) is 15.5. The quantitative estimate of drug-likeness (QED) is 0.304. The van der Waals surface area contributed by atoms with Crippen LogP contribution in [-0.2, 0) is 11.3 Å². The number of guanidine groups is 1. The Morgan fingerprint density at radius 2 is 1.86 bits per heavy atom. The van der Waals surface area contributed by atoms with E-state index in [4.69, 9.17) is 9.47 Å². The maximum Gasteiger partial charge on any atom is 0.193 e. The first-order chi connectivity index (χ1) is 10.2. The Morgan fingerprint density at radius 1 is 1.18 bits per heavy atom. The number of benzene rings is 1. The zero-order valence-electron chi connectivity index (χ0n) is 14.0. The van der Waals surface area contributed by atoms with E-state index < -0.39 is 0 Å². The van der Waals surface area contributed by atoms with Crippen LogP contribution in [0.2, 0.25) is 0 Å². The van der Waals surface area contributed by atoms with Gasteiger partial charge in [0.15, 0.2) is 5.96 Å². The molecule has 0 aliphatic heterocycles. The highest BCUT2D eigenvalue weighted by Gasteiger charge is 2.06. The molecule has 1 aromatic rings. The summed E-state index contributed by atoms with van der Waals surface area (Å²) in [4.78, 5) is 6.36. The molecule has 0 saturated carbocycles. The van der Waals surface area contributed by atoms with Crippen LogP contribution in [0.3, 0.4) is 0 Å². The predicted octanol–water partition coefficient (Wildman–Crippen LogP) is 2.75. The minimum Gasteiger partial charge on any atom is -0.494 e. The number of halogens is 1. The summed E-state index contributed by atoms with van der Waals surface area (Å²) in [6.45, 7) is 7.64. The van der Waals surface area contributed by atoms with Crippen molar-refractivity contribution in [3.05, 3.63) is 29.8 Å². The van der Waals surface area contributed by atoms with Gasteiger partial charge in [-0.05, 0) is 31.5 Å². The molecule has 6 heteroatoms. The standard InChI is InChI=1S/C16H27N3O2.HI/c1-5-20-12-11-18-16(17-3)19(4)13-14-7-9-15(10-8-14)21-6-2;/h7-10H,5-6,11-13H2,1-4H3,(H,17,18);1H. The molecule has 5 nitrogen and oxygen atoms in total. The van der Waals surface area contributed by atoms with Crippen molar-refractivity contribution in [2.24, 2.45) is 4.99 Å². The van der Waals surface area contributed by atoms with E-state index in [0.717, 1.165) is 31.4 Å². The number of rotatable bonds is 8. The molecule has 0 heterocycles. The van der Waals surface area contributed by atoms with Gasteiger partial charge in [0.2, 0.25) is 0 Å². The highest BCUT2D eigenvalue weighted by atomic mass is 127. The van der Waals surface area contributed by atoms with Crippen LogP contribution in [0.25, 0.3) is 0 Å². The molecule has 0 aromatic heterocycles. The fourth-order valence-corrected chi connectivity index (χ4v) is 1.97. The zero-order valence-corrected chi connectivity index (χ0v) is 16.3. The van der Waals surface area contributed by atoms with Crippen molar-refractivity contribution in [3.8, 4) is 5.75 Å². The molecule has 126 valence electrons. The van der Waals surface area contributed by atoms with Crippen molar-refractivity contribution in [2.45, 2.75) is 20.4 Å². The number of aliphatic imine (C=N–C) groups is 1. The number of nitrogens with zero attached hydrogens (tertiary/aromatic N) is 2. The monoisotopic (exact) mass is 421 g/mol. The predicted molar refractivity (Wildman–Crippen MR) is 102 cm³/mol. The van der Waals surface area contributed by atoms with Crippen LogP contribution < -0.4 is 10.1 Å². The second kappa shape index (κ2) is 12.5. The number of ether oxygens (including phenoxy) is 2. The molecule has 0 bridgehead atoms. The Labute approximate surface area is 151 Å². The molecule has 0 saturated heterocycles. The average molecular weight is 421 g/mol. The Bertz CT molecular complexity index is 424. The largest absolute Gasteiger partial charge is 0.494 e. The van der Waals surface area contributed by atoms with E-state index in [9.17, 15) is 0 Å². The smallest absolute Gasteiger partial charge is 0.193 e. The lowest BCUT2D eigenvalue weighted by Gasteiger charge is -2.22. The number of hydrogen-bond donors (Lipinski definition) is 1. The SMILES string of the molecule is CCOCCNC(=NC)N(C)Cc1ccc(OCC)cc1.I. The van der Waals surface area contributed by atoms with E-state index in [1.54, 1.807) is 7.05 Å². The van der Waals surface area contributed by atoms with Gasteiger partial charge in [0.25, 0.3) is 0 Å². The summed E-state index contributed by atoms with van der Waals surface area (Å²) in [6.07, 6.45) is 0. The highest BCUT2D eigenvalue weighted by molar-refractivity contribution is 14.0. The van der Waals surface area contributed by atoms with Crippen molar-refractivity contribution in [2.75, 3.05) is 40.5 Å². The lowest BCUT2D eigenvalue weighted by Crippen LogP contribution is -2.39. The molecule has 1 aromatic carbocycles. The maximum atomic E-state index is 5.45. The van der Waals surface area contributed by atoms with Gasteiger partial charge in [0.1, 0.15) is 5.75 Å². The van der Waals surface area contributed by atoms with Crippen LogP contribution in [0.15, 0.2) is 29.3 Å². The molecule has 0 radical (unpaired) electrons. The summed E-state index contributed by atoms with van der Waals surface area (Å²) in [5.41, 5.74) is 1.22. The molecule has 0 spiro atoms. The van der Waals surface area contributed by atoms with Crippen LogP contribution in [0, 0.1) is 0 Å². The molecule has 0 aliphatic rings. The van der Waals surface area contributed by atoms with Crippen molar-refractivity contribution < 1.29 is 9.47 Å². The van der Waals surface area contributed by atoms with E-state index in [0.29, 0.717) is 13.2 Å². The van der Waals surface area contributed by atoms with Crippen LogP contribution >= 0.6 is 24.0 Å². The Hall–Kier alpha value is -1.02.